The third-order valence-electron chi connectivity index (χ3n) is 3.57. The molecule has 0 radical (unpaired) electrons. The number of aryl methyl sites for hydroxylation is 1. The van der Waals surface area contributed by atoms with E-state index in [1.807, 2.05) is 32.0 Å². The Kier molecular flexibility index (Phi) is 4.49. The molecule has 1 aliphatic heterocycles. The van der Waals surface area contributed by atoms with Gasteiger partial charge >= 0.3 is 0 Å². The van der Waals surface area contributed by atoms with E-state index in [0.717, 1.165) is 30.9 Å². The number of hydrogen-bond acceptors (Lipinski definition) is 4. The number of nitrogens with one attached hydrogen (secondary N) is 1. The molecule has 0 fully saturated rings. The topological polar surface area (TPSA) is 73.6 Å². The van der Waals surface area contributed by atoms with Crippen molar-refractivity contribution in [2.45, 2.75) is 38.6 Å². The van der Waals surface area contributed by atoms with Gasteiger partial charge in [0.25, 0.3) is 0 Å². The van der Waals surface area contributed by atoms with Gasteiger partial charge in [-0.25, -0.2) is 0 Å². The number of nitrogens with two attached hydrogens (primary N) is 1. The normalized spacial score (nSPS) is 15.9. The zero-order chi connectivity index (χ0) is 14.6. The van der Waals surface area contributed by atoms with E-state index < -0.39 is 0 Å². The number of hydrogen-bond donors (Lipinski definition) is 2. The van der Waals surface area contributed by atoms with Crippen LogP contribution < -0.4 is 20.5 Å². The lowest BCUT2D eigenvalue weighted by Gasteiger charge is -2.29. The van der Waals surface area contributed by atoms with E-state index in [9.17, 15) is 4.79 Å². The van der Waals surface area contributed by atoms with E-state index in [1.54, 1.807) is 0 Å². The Bertz CT molecular complexity index is 490. The van der Waals surface area contributed by atoms with E-state index in [2.05, 4.69) is 5.32 Å². The number of benzene rings is 1. The van der Waals surface area contributed by atoms with Crippen molar-refractivity contribution in [3.63, 3.8) is 0 Å². The molecule has 0 bridgehead atoms. The molecule has 0 aromatic heterocycles. The summed E-state index contributed by atoms with van der Waals surface area (Å²) in [7, 11) is 0. The molecular weight excluding hydrogens is 256 g/mol. The average Bonchev–Trinajstić information content (AvgIpc) is 2.83. The summed E-state index contributed by atoms with van der Waals surface area (Å²) in [4.78, 5) is 11.2. The molecule has 0 saturated carbocycles. The van der Waals surface area contributed by atoms with Gasteiger partial charge in [0, 0.05) is 12.0 Å². The van der Waals surface area contributed by atoms with Crippen molar-refractivity contribution in [1.29, 1.82) is 0 Å². The first-order valence-electron chi connectivity index (χ1n) is 6.94. The summed E-state index contributed by atoms with van der Waals surface area (Å²) < 4.78 is 10.7. The second-order valence-electron chi connectivity index (χ2n) is 5.42. The summed E-state index contributed by atoms with van der Waals surface area (Å²) >= 11 is 0. The highest BCUT2D eigenvalue weighted by molar-refractivity contribution is 5.75. The van der Waals surface area contributed by atoms with Crippen LogP contribution in [0.1, 0.15) is 32.3 Å². The van der Waals surface area contributed by atoms with Crippen LogP contribution in [0.2, 0.25) is 0 Å². The minimum absolute atomic E-state index is 0.267. The molecule has 0 spiro atoms. The van der Waals surface area contributed by atoms with Gasteiger partial charge in [0.15, 0.2) is 11.5 Å². The zero-order valence-corrected chi connectivity index (χ0v) is 12.1. The quantitative estimate of drug-likeness (QED) is 0.794. The van der Waals surface area contributed by atoms with E-state index >= 15 is 0 Å². The van der Waals surface area contributed by atoms with Crippen molar-refractivity contribution in [3.05, 3.63) is 23.8 Å². The molecule has 0 aliphatic carbocycles. The predicted molar refractivity (Wildman–Crippen MR) is 76.8 cm³/mol. The summed E-state index contributed by atoms with van der Waals surface area (Å²) in [6.45, 7) is 5.16. The Morgan fingerprint density at radius 3 is 2.85 bits per heavy atom. The van der Waals surface area contributed by atoms with Gasteiger partial charge in [0.2, 0.25) is 12.7 Å². The predicted octanol–water partition coefficient (Wildman–Crippen LogP) is 1.59. The van der Waals surface area contributed by atoms with E-state index in [4.69, 9.17) is 15.2 Å². The first kappa shape index (κ1) is 14.7. The van der Waals surface area contributed by atoms with Crippen LogP contribution >= 0.6 is 0 Å². The van der Waals surface area contributed by atoms with Crippen molar-refractivity contribution in [2.75, 3.05) is 13.3 Å². The van der Waals surface area contributed by atoms with E-state index in [0.29, 0.717) is 6.42 Å². The third-order valence-corrected chi connectivity index (χ3v) is 3.57. The minimum atomic E-state index is -0.279. The molecule has 1 atom stereocenters. The van der Waals surface area contributed by atoms with Crippen molar-refractivity contribution < 1.29 is 14.3 Å². The highest BCUT2D eigenvalue weighted by Gasteiger charge is 2.25. The number of carbonyl (C=O) groups is 1. The maximum Gasteiger partial charge on any atom is 0.231 e. The third kappa shape index (κ3) is 3.63. The van der Waals surface area contributed by atoms with Crippen LogP contribution in [0.3, 0.4) is 0 Å². The number of rotatable bonds is 7. The fourth-order valence-corrected chi connectivity index (χ4v) is 2.57. The Labute approximate surface area is 119 Å². The maximum absolute atomic E-state index is 11.2. The van der Waals surface area contributed by atoms with Crippen LogP contribution in [0.15, 0.2) is 18.2 Å². The summed E-state index contributed by atoms with van der Waals surface area (Å²) in [6.07, 6.45) is 2.03. The first-order chi connectivity index (χ1) is 9.52. The van der Waals surface area contributed by atoms with Gasteiger partial charge in [-0.3, -0.25) is 4.79 Å². The van der Waals surface area contributed by atoms with Crippen LogP contribution in [0.5, 0.6) is 11.5 Å². The average molecular weight is 278 g/mol. The maximum atomic E-state index is 11.2. The lowest BCUT2D eigenvalue weighted by Crippen LogP contribution is -2.45. The molecule has 2 rings (SSSR count). The lowest BCUT2D eigenvalue weighted by molar-refractivity contribution is -0.119. The molecule has 1 aromatic rings. The smallest absolute Gasteiger partial charge is 0.231 e. The molecule has 3 N–H and O–H groups in total. The molecule has 5 heteroatoms. The molecule has 1 heterocycles. The Morgan fingerprint density at radius 1 is 1.40 bits per heavy atom. The van der Waals surface area contributed by atoms with Crippen LogP contribution in [0.25, 0.3) is 0 Å². The van der Waals surface area contributed by atoms with Gasteiger partial charge in [-0.1, -0.05) is 13.0 Å². The summed E-state index contributed by atoms with van der Waals surface area (Å²) in [5.41, 5.74) is 6.24. The van der Waals surface area contributed by atoms with Crippen molar-refractivity contribution >= 4 is 5.91 Å². The fraction of sp³-hybridized carbons (Fsp3) is 0.533. The molecule has 20 heavy (non-hydrogen) atoms. The molecule has 1 amide bonds. The van der Waals surface area contributed by atoms with E-state index in [1.165, 1.54) is 5.56 Å². The number of carbonyl (C=O) groups excluding carboxylic acids is 1. The molecule has 5 nitrogen and oxygen atoms in total. The number of amides is 1. The van der Waals surface area contributed by atoms with Crippen molar-refractivity contribution in [3.8, 4) is 11.5 Å². The number of fused-ring (bicyclic) bond motifs is 1. The molecule has 1 unspecified atom stereocenters. The number of ether oxygens (including phenoxy) is 2. The molecule has 1 aliphatic rings. The monoisotopic (exact) mass is 278 g/mol. The second kappa shape index (κ2) is 6.13. The SMILES string of the molecule is CCNC(C)(CCc1ccc2c(c1)OCO2)CC(N)=O. The zero-order valence-electron chi connectivity index (χ0n) is 12.1. The van der Waals surface area contributed by atoms with Gasteiger partial charge in [0.05, 0.1) is 0 Å². The molecular formula is C15H22N2O3. The summed E-state index contributed by atoms with van der Waals surface area (Å²) in [5, 5.41) is 3.36. The van der Waals surface area contributed by atoms with Gasteiger partial charge < -0.3 is 20.5 Å². The minimum Gasteiger partial charge on any atom is -0.454 e. The summed E-state index contributed by atoms with van der Waals surface area (Å²) in [6, 6.07) is 5.96. The molecule has 1 aromatic carbocycles. The number of primary amides is 1. The molecule has 110 valence electrons. The van der Waals surface area contributed by atoms with Crippen LogP contribution in [0.4, 0.5) is 0 Å². The van der Waals surface area contributed by atoms with Gasteiger partial charge in [0.1, 0.15) is 0 Å². The van der Waals surface area contributed by atoms with Crippen LogP contribution in [-0.4, -0.2) is 24.8 Å². The summed E-state index contributed by atoms with van der Waals surface area (Å²) in [5.74, 6) is 1.31. The fourth-order valence-electron chi connectivity index (χ4n) is 2.57. The highest BCUT2D eigenvalue weighted by atomic mass is 16.7. The van der Waals surface area contributed by atoms with Gasteiger partial charge in [-0.2, -0.15) is 0 Å². The van der Waals surface area contributed by atoms with Crippen molar-refractivity contribution in [2.24, 2.45) is 5.73 Å². The lowest BCUT2D eigenvalue weighted by atomic mass is 9.89. The van der Waals surface area contributed by atoms with Gasteiger partial charge in [-0.15, -0.1) is 0 Å². The first-order valence-corrected chi connectivity index (χ1v) is 6.94. The van der Waals surface area contributed by atoms with Crippen LogP contribution in [0, 0.1) is 0 Å². The Morgan fingerprint density at radius 2 is 2.15 bits per heavy atom. The van der Waals surface area contributed by atoms with Crippen molar-refractivity contribution in [1.82, 2.24) is 5.32 Å². The largest absolute Gasteiger partial charge is 0.454 e. The Balaban J connectivity index is 2.00. The Hall–Kier alpha value is -1.75. The second-order valence-corrected chi connectivity index (χ2v) is 5.42. The standard InChI is InChI=1S/C15H22N2O3/c1-3-17-15(2,9-14(16)18)7-6-11-4-5-12-13(8-11)20-10-19-12/h4-5,8,17H,3,6-7,9-10H2,1-2H3,(H2,16,18). The van der Waals surface area contributed by atoms with E-state index in [-0.39, 0.29) is 18.2 Å². The van der Waals surface area contributed by atoms with Gasteiger partial charge in [-0.05, 0) is 44.0 Å². The molecule has 0 saturated heterocycles. The highest BCUT2D eigenvalue weighted by Crippen LogP contribution is 2.33. The van der Waals surface area contributed by atoms with Crippen LogP contribution in [-0.2, 0) is 11.2 Å².